The molecule has 0 aromatic heterocycles. The number of rotatable bonds is 1. The van der Waals surface area contributed by atoms with Crippen molar-refractivity contribution >= 4 is 0 Å². The summed E-state index contributed by atoms with van der Waals surface area (Å²) >= 11 is 0. The van der Waals surface area contributed by atoms with Gasteiger partial charge in [-0.15, -0.1) is 0 Å². The highest BCUT2D eigenvalue weighted by molar-refractivity contribution is 5.43. The average Bonchev–Trinajstić information content (AvgIpc) is 1.94. The molecule has 0 radical (unpaired) electrons. The van der Waals surface area contributed by atoms with Gasteiger partial charge in [-0.1, -0.05) is 0 Å². The summed E-state index contributed by atoms with van der Waals surface area (Å²) in [5.41, 5.74) is 5.18. The minimum Gasteiger partial charge on any atom is -0.507 e. The van der Waals surface area contributed by atoms with Crippen LogP contribution in [0.5, 0.6) is 11.5 Å². The molecule has 72 valence electrons. The molecule has 4 N–H and O–H groups in total. The van der Waals surface area contributed by atoms with Crippen LogP contribution >= 0.6 is 0 Å². The minimum absolute atomic E-state index is 0.247. The Bertz CT molecular complexity index is 331. The summed E-state index contributed by atoms with van der Waals surface area (Å²) in [4.78, 5) is 0. The van der Waals surface area contributed by atoms with Crippen LogP contribution in [0.3, 0.4) is 0 Å². The van der Waals surface area contributed by atoms with Crippen LogP contribution in [0.15, 0.2) is 12.1 Å². The van der Waals surface area contributed by atoms with Gasteiger partial charge in [-0.3, -0.25) is 0 Å². The number of hydrogen-bond acceptors (Lipinski definition) is 3. The van der Waals surface area contributed by atoms with Crippen molar-refractivity contribution in [3.63, 3.8) is 0 Å². The van der Waals surface area contributed by atoms with Crippen molar-refractivity contribution in [2.45, 2.75) is 19.4 Å². The van der Waals surface area contributed by atoms with Crippen molar-refractivity contribution in [3.05, 3.63) is 23.5 Å². The molecule has 1 aromatic carbocycles. The first-order valence-corrected chi connectivity index (χ1v) is 3.83. The Kier molecular flexibility index (Phi) is 2.17. The van der Waals surface area contributed by atoms with Gasteiger partial charge < -0.3 is 15.9 Å². The summed E-state index contributed by atoms with van der Waals surface area (Å²) in [5.74, 6) is -1.61. The van der Waals surface area contributed by atoms with Crippen molar-refractivity contribution in [2.75, 3.05) is 0 Å². The largest absolute Gasteiger partial charge is 0.507 e. The molecule has 3 nitrogen and oxygen atoms in total. The molecule has 0 fully saturated rings. The molecule has 1 rings (SSSR count). The molecular weight excluding hydrogens is 173 g/mol. The Labute approximate surface area is 75.6 Å². The molecule has 0 aliphatic rings. The van der Waals surface area contributed by atoms with Gasteiger partial charge in [-0.25, -0.2) is 4.39 Å². The number of benzene rings is 1. The number of phenolic OH excluding ortho intramolecular Hbond substituents is 2. The summed E-state index contributed by atoms with van der Waals surface area (Å²) in [6.07, 6.45) is 0. The van der Waals surface area contributed by atoms with E-state index < -0.39 is 17.1 Å². The van der Waals surface area contributed by atoms with Crippen LogP contribution in [-0.4, -0.2) is 10.2 Å². The van der Waals surface area contributed by atoms with Gasteiger partial charge in [0.25, 0.3) is 0 Å². The highest BCUT2D eigenvalue weighted by Crippen LogP contribution is 2.31. The van der Waals surface area contributed by atoms with E-state index in [9.17, 15) is 9.50 Å². The van der Waals surface area contributed by atoms with Crippen molar-refractivity contribution in [1.82, 2.24) is 0 Å². The van der Waals surface area contributed by atoms with Crippen LogP contribution in [0, 0.1) is 5.82 Å². The summed E-state index contributed by atoms with van der Waals surface area (Å²) in [6, 6.07) is 1.98. The molecule has 4 heteroatoms. The molecule has 0 unspecified atom stereocenters. The predicted octanol–water partition coefficient (Wildman–Crippen LogP) is 1.43. The predicted molar refractivity (Wildman–Crippen MR) is 46.9 cm³/mol. The molecule has 1 aromatic rings. The third-order valence-electron chi connectivity index (χ3n) is 1.76. The van der Waals surface area contributed by atoms with Gasteiger partial charge in [-0.05, 0) is 19.9 Å². The number of aromatic hydroxyl groups is 2. The Morgan fingerprint density at radius 3 is 2.23 bits per heavy atom. The van der Waals surface area contributed by atoms with Gasteiger partial charge in [0.05, 0.1) is 0 Å². The van der Waals surface area contributed by atoms with Crippen LogP contribution in [0.1, 0.15) is 19.4 Å². The van der Waals surface area contributed by atoms with Gasteiger partial charge in [0, 0.05) is 17.2 Å². The lowest BCUT2D eigenvalue weighted by atomic mass is 9.94. The van der Waals surface area contributed by atoms with E-state index in [1.807, 2.05) is 0 Å². The van der Waals surface area contributed by atoms with Crippen LogP contribution in [0.4, 0.5) is 4.39 Å². The van der Waals surface area contributed by atoms with Gasteiger partial charge in [-0.2, -0.15) is 0 Å². The SMILES string of the molecule is CC(C)(N)c1cc(O)c(F)cc1O. The summed E-state index contributed by atoms with van der Waals surface area (Å²) in [7, 11) is 0. The second kappa shape index (κ2) is 2.88. The van der Waals surface area contributed by atoms with Crippen LogP contribution in [-0.2, 0) is 5.54 Å². The van der Waals surface area contributed by atoms with Crippen LogP contribution in [0.25, 0.3) is 0 Å². The van der Waals surface area contributed by atoms with Crippen molar-refractivity contribution < 1.29 is 14.6 Å². The van der Waals surface area contributed by atoms with Crippen molar-refractivity contribution in [1.29, 1.82) is 0 Å². The Hall–Kier alpha value is -1.29. The molecular formula is C9H12FNO2. The molecule has 0 spiro atoms. The first kappa shape index (κ1) is 9.80. The number of hydrogen-bond donors (Lipinski definition) is 3. The Morgan fingerprint density at radius 2 is 1.77 bits per heavy atom. The molecule has 0 aliphatic heterocycles. The monoisotopic (exact) mass is 185 g/mol. The highest BCUT2D eigenvalue weighted by Gasteiger charge is 2.20. The van der Waals surface area contributed by atoms with E-state index in [0.29, 0.717) is 5.56 Å². The van der Waals surface area contributed by atoms with E-state index in [0.717, 1.165) is 12.1 Å². The van der Waals surface area contributed by atoms with Crippen LogP contribution < -0.4 is 5.73 Å². The number of nitrogens with two attached hydrogens (primary N) is 1. The van der Waals surface area contributed by atoms with E-state index in [2.05, 4.69) is 0 Å². The fourth-order valence-electron chi connectivity index (χ4n) is 1.07. The summed E-state index contributed by atoms with van der Waals surface area (Å²) < 4.78 is 12.7. The second-order valence-electron chi connectivity index (χ2n) is 3.54. The number of phenols is 2. The highest BCUT2D eigenvalue weighted by atomic mass is 19.1. The third-order valence-corrected chi connectivity index (χ3v) is 1.76. The molecule has 0 saturated carbocycles. The fraction of sp³-hybridized carbons (Fsp3) is 0.333. The number of halogens is 1. The first-order chi connectivity index (χ1) is 5.82. The zero-order valence-corrected chi connectivity index (χ0v) is 7.50. The zero-order chi connectivity index (χ0) is 10.2. The minimum atomic E-state index is -0.856. The zero-order valence-electron chi connectivity index (χ0n) is 7.50. The quantitative estimate of drug-likeness (QED) is 0.580. The van der Waals surface area contributed by atoms with E-state index in [1.54, 1.807) is 13.8 Å². The van der Waals surface area contributed by atoms with Gasteiger partial charge in [0.1, 0.15) is 5.75 Å². The average molecular weight is 185 g/mol. The molecule has 0 atom stereocenters. The lowest BCUT2D eigenvalue weighted by Crippen LogP contribution is -2.28. The topological polar surface area (TPSA) is 66.5 Å². The second-order valence-corrected chi connectivity index (χ2v) is 3.54. The van der Waals surface area contributed by atoms with Gasteiger partial charge >= 0.3 is 0 Å². The maximum absolute atomic E-state index is 12.7. The molecule has 0 heterocycles. The van der Waals surface area contributed by atoms with Crippen molar-refractivity contribution in [2.24, 2.45) is 5.73 Å². The standard InChI is InChI=1S/C9H12FNO2/c1-9(2,11)5-3-8(13)6(10)4-7(5)12/h3-4,12-13H,11H2,1-2H3. The molecule has 0 bridgehead atoms. The molecule has 0 amide bonds. The molecule has 0 aliphatic carbocycles. The normalized spacial score (nSPS) is 11.7. The fourth-order valence-corrected chi connectivity index (χ4v) is 1.07. The Balaban J connectivity index is 3.32. The smallest absolute Gasteiger partial charge is 0.168 e. The van der Waals surface area contributed by atoms with E-state index in [1.165, 1.54) is 0 Å². The lowest BCUT2D eigenvalue weighted by molar-refractivity contribution is 0.405. The first-order valence-electron chi connectivity index (χ1n) is 3.83. The maximum Gasteiger partial charge on any atom is 0.168 e. The summed E-state index contributed by atoms with van der Waals surface area (Å²) in [6.45, 7) is 3.30. The molecule has 13 heavy (non-hydrogen) atoms. The van der Waals surface area contributed by atoms with Crippen molar-refractivity contribution in [3.8, 4) is 11.5 Å². The Morgan fingerprint density at radius 1 is 1.23 bits per heavy atom. The van der Waals surface area contributed by atoms with Gasteiger partial charge in [0.2, 0.25) is 0 Å². The van der Waals surface area contributed by atoms with Crippen LogP contribution in [0.2, 0.25) is 0 Å². The molecule has 0 saturated heterocycles. The maximum atomic E-state index is 12.7. The van der Waals surface area contributed by atoms with Gasteiger partial charge in [0.15, 0.2) is 11.6 Å². The van der Waals surface area contributed by atoms with E-state index >= 15 is 0 Å². The third kappa shape index (κ3) is 1.89. The summed E-state index contributed by atoms with van der Waals surface area (Å²) in [5, 5.41) is 18.4. The van der Waals surface area contributed by atoms with E-state index in [4.69, 9.17) is 10.8 Å². The van der Waals surface area contributed by atoms with E-state index in [-0.39, 0.29) is 5.75 Å². The lowest BCUT2D eigenvalue weighted by Gasteiger charge is -2.20.